The topological polar surface area (TPSA) is 68.5 Å². The molecule has 0 aromatic carbocycles. The second-order valence-electron chi connectivity index (χ2n) is 4.09. The van der Waals surface area contributed by atoms with E-state index < -0.39 is 0 Å². The van der Waals surface area contributed by atoms with Crippen LogP contribution in [0.3, 0.4) is 0 Å². The Morgan fingerprint density at radius 3 is 2.88 bits per heavy atom. The van der Waals surface area contributed by atoms with E-state index in [0.29, 0.717) is 24.7 Å². The molecule has 0 radical (unpaired) electrons. The highest BCUT2D eigenvalue weighted by Crippen LogP contribution is 2.11. The lowest BCUT2D eigenvalue weighted by atomic mass is 10.3. The van der Waals surface area contributed by atoms with Gasteiger partial charge in [0.1, 0.15) is 0 Å². The van der Waals surface area contributed by atoms with Crippen molar-refractivity contribution in [3.05, 3.63) is 11.1 Å². The third kappa shape index (κ3) is 5.14. The van der Waals surface area contributed by atoms with E-state index in [4.69, 9.17) is 10.5 Å². The molecule has 1 rings (SSSR count). The zero-order valence-corrected chi connectivity index (χ0v) is 11.3. The van der Waals surface area contributed by atoms with E-state index in [0.717, 1.165) is 5.69 Å². The van der Waals surface area contributed by atoms with Gasteiger partial charge in [0, 0.05) is 19.0 Å². The molecule has 1 amide bonds. The van der Waals surface area contributed by atoms with Crippen LogP contribution in [-0.4, -0.2) is 42.1 Å². The molecule has 0 aliphatic carbocycles. The van der Waals surface area contributed by atoms with E-state index in [1.807, 2.05) is 19.2 Å². The summed E-state index contributed by atoms with van der Waals surface area (Å²) in [5, 5.41) is 2.31. The van der Waals surface area contributed by atoms with Gasteiger partial charge < -0.3 is 15.4 Å². The Labute approximate surface area is 106 Å². The van der Waals surface area contributed by atoms with E-state index in [1.165, 1.54) is 11.3 Å². The summed E-state index contributed by atoms with van der Waals surface area (Å²) >= 11 is 1.35. The molecule has 2 N–H and O–H groups in total. The van der Waals surface area contributed by atoms with Gasteiger partial charge in [-0.1, -0.05) is 0 Å². The number of carbonyl (C=O) groups excluding carboxylic acids is 1. The highest BCUT2D eigenvalue weighted by Gasteiger charge is 2.11. The van der Waals surface area contributed by atoms with Gasteiger partial charge in [0.25, 0.3) is 0 Å². The van der Waals surface area contributed by atoms with E-state index in [9.17, 15) is 4.79 Å². The van der Waals surface area contributed by atoms with Crippen molar-refractivity contribution in [2.24, 2.45) is 0 Å². The van der Waals surface area contributed by atoms with Crippen LogP contribution in [-0.2, 0) is 16.0 Å². The van der Waals surface area contributed by atoms with Crippen molar-refractivity contribution in [1.82, 2.24) is 9.88 Å². The van der Waals surface area contributed by atoms with Gasteiger partial charge in [0.15, 0.2) is 5.13 Å². The molecule has 0 bridgehead atoms. The molecular formula is C11H19N3O2S. The molecule has 0 unspecified atom stereocenters. The van der Waals surface area contributed by atoms with Crippen molar-refractivity contribution >= 4 is 22.4 Å². The maximum absolute atomic E-state index is 11.8. The smallest absolute Gasteiger partial charge is 0.228 e. The van der Waals surface area contributed by atoms with E-state index in [2.05, 4.69) is 4.98 Å². The molecule has 1 heterocycles. The number of rotatable bonds is 6. The van der Waals surface area contributed by atoms with Crippen LogP contribution in [0, 0.1) is 0 Å². The summed E-state index contributed by atoms with van der Waals surface area (Å²) in [5.41, 5.74) is 6.24. The van der Waals surface area contributed by atoms with Gasteiger partial charge in [-0.2, -0.15) is 0 Å². The molecule has 1 aromatic rings. The molecule has 0 saturated heterocycles. The fourth-order valence-corrected chi connectivity index (χ4v) is 1.81. The fraction of sp³-hybridized carbons (Fsp3) is 0.636. The monoisotopic (exact) mass is 257 g/mol. The molecule has 96 valence electrons. The standard InChI is InChI=1S/C11H19N3O2S/c1-8(2)16-5-4-14(3)10(15)6-9-7-17-11(12)13-9/h7-8H,4-6H2,1-3H3,(H2,12,13). The number of hydrogen-bond donors (Lipinski definition) is 1. The highest BCUT2D eigenvalue weighted by molar-refractivity contribution is 7.13. The number of nitrogens with zero attached hydrogens (tertiary/aromatic N) is 2. The molecule has 6 heteroatoms. The van der Waals surface area contributed by atoms with Crippen LogP contribution in [0.25, 0.3) is 0 Å². The van der Waals surface area contributed by atoms with Gasteiger partial charge in [-0.25, -0.2) is 4.98 Å². The van der Waals surface area contributed by atoms with E-state index in [1.54, 1.807) is 11.9 Å². The summed E-state index contributed by atoms with van der Waals surface area (Å²) in [6, 6.07) is 0. The van der Waals surface area contributed by atoms with Crippen LogP contribution in [0.5, 0.6) is 0 Å². The Hall–Kier alpha value is -1.14. The molecule has 17 heavy (non-hydrogen) atoms. The van der Waals surface area contributed by atoms with Crippen LogP contribution in [0.1, 0.15) is 19.5 Å². The third-order valence-corrected chi connectivity index (χ3v) is 2.93. The van der Waals surface area contributed by atoms with E-state index in [-0.39, 0.29) is 12.0 Å². The Bertz CT molecular complexity index is 365. The number of nitrogen functional groups attached to an aromatic ring is 1. The molecule has 0 spiro atoms. The van der Waals surface area contributed by atoms with Gasteiger partial charge >= 0.3 is 0 Å². The Kier molecular flexibility index (Phi) is 5.37. The van der Waals surface area contributed by atoms with Gasteiger partial charge in [-0.05, 0) is 13.8 Å². The summed E-state index contributed by atoms with van der Waals surface area (Å²) in [6.07, 6.45) is 0.489. The normalized spacial score (nSPS) is 10.8. The first kappa shape index (κ1) is 13.9. The van der Waals surface area contributed by atoms with Crippen LogP contribution in [0.15, 0.2) is 5.38 Å². The molecule has 0 fully saturated rings. The number of likely N-dealkylation sites (N-methyl/N-ethyl adjacent to an activating group) is 1. The third-order valence-electron chi connectivity index (χ3n) is 2.21. The Morgan fingerprint density at radius 2 is 2.35 bits per heavy atom. The highest BCUT2D eigenvalue weighted by atomic mass is 32.1. The van der Waals surface area contributed by atoms with Gasteiger partial charge in [0.05, 0.1) is 24.8 Å². The lowest BCUT2D eigenvalue weighted by Gasteiger charge is -2.17. The second kappa shape index (κ2) is 6.56. The predicted molar refractivity (Wildman–Crippen MR) is 69.0 cm³/mol. The average Bonchev–Trinajstić information content (AvgIpc) is 2.63. The fourth-order valence-electron chi connectivity index (χ4n) is 1.24. The number of aromatic nitrogens is 1. The zero-order chi connectivity index (χ0) is 12.8. The van der Waals surface area contributed by atoms with Gasteiger partial charge in [-0.15, -0.1) is 11.3 Å². The van der Waals surface area contributed by atoms with Crippen molar-refractivity contribution in [2.45, 2.75) is 26.4 Å². The Balaban J connectivity index is 2.32. The number of anilines is 1. The quantitative estimate of drug-likeness (QED) is 0.830. The molecule has 1 aromatic heterocycles. The lowest BCUT2D eigenvalue weighted by Crippen LogP contribution is -2.32. The number of carbonyl (C=O) groups is 1. The van der Waals surface area contributed by atoms with Crippen LogP contribution < -0.4 is 5.73 Å². The first-order valence-electron chi connectivity index (χ1n) is 5.54. The summed E-state index contributed by atoms with van der Waals surface area (Å²) in [7, 11) is 1.77. The largest absolute Gasteiger partial charge is 0.377 e. The van der Waals surface area contributed by atoms with Crippen molar-refractivity contribution in [3.8, 4) is 0 Å². The molecule has 0 saturated carbocycles. The first-order chi connectivity index (χ1) is 7.99. The molecule has 0 atom stereocenters. The van der Waals surface area contributed by atoms with Crippen molar-refractivity contribution in [2.75, 3.05) is 25.9 Å². The maximum atomic E-state index is 11.8. The molecule has 0 aliphatic rings. The number of nitrogens with two attached hydrogens (primary N) is 1. The predicted octanol–water partition coefficient (Wildman–Crippen LogP) is 1.15. The lowest BCUT2D eigenvalue weighted by molar-refractivity contribution is -0.130. The minimum atomic E-state index is 0.0302. The van der Waals surface area contributed by atoms with E-state index >= 15 is 0 Å². The van der Waals surface area contributed by atoms with Crippen molar-refractivity contribution < 1.29 is 9.53 Å². The SMILES string of the molecule is CC(C)OCCN(C)C(=O)Cc1csc(N)n1. The van der Waals surface area contributed by atoms with Gasteiger partial charge in [0.2, 0.25) is 5.91 Å². The summed E-state index contributed by atoms with van der Waals surface area (Å²) in [6.45, 7) is 5.09. The Morgan fingerprint density at radius 1 is 1.65 bits per heavy atom. The first-order valence-corrected chi connectivity index (χ1v) is 6.42. The van der Waals surface area contributed by atoms with Crippen LogP contribution >= 0.6 is 11.3 Å². The minimum Gasteiger partial charge on any atom is -0.377 e. The van der Waals surface area contributed by atoms with Crippen LogP contribution in [0.2, 0.25) is 0 Å². The maximum Gasteiger partial charge on any atom is 0.228 e. The van der Waals surface area contributed by atoms with Crippen molar-refractivity contribution in [1.29, 1.82) is 0 Å². The number of ether oxygens (including phenoxy) is 1. The molecule has 0 aliphatic heterocycles. The average molecular weight is 257 g/mol. The van der Waals surface area contributed by atoms with Gasteiger partial charge in [-0.3, -0.25) is 4.79 Å². The number of hydrogen-bond acceptors (Lipinski definition) is 5. The molecular weight excluding hydrogens is 238 g/mol. The minimum absolute atomic E-state index is 0.0302. The summed E-state index contributed by atoms with van der Waals surface area (Å²) in [5.74, 6) is 0.0302. The van der Waals surface area contributed by atoms with Crippen molar-refractivity contribution in [3.63, 3.8) is 0 Å². The number of thiazole rings is 1. The molecule has 5 nitrogen and oxygen atoms in total. The second-order valence-corrected chi connectivity index (χ2v) is 4.98. The zero-order valence-electron chi connectivity index (χ0n) is 10.5. The summed E-state index contributed by atoms with van der Waals surface area (Å²) in [4.78, 5) is 17.5. The number of amides is 1. The van der Waals surface area contributed by atoms with Crippen LogP contribution in [0.4, 0.5) is 5.13 Å². The summed E-state index contributed by atoms with van der Waals surface area (Å²) < 4.78 is 5.39.